The van der Waals surface area contributed by atoms with Crippen LogP contribution >= 0.6 is 0 Å². The average molecular weight is 299 g/mol. The standard InChI is InChI=1S/C19H25NO2/c1-19(2,15-16-9-11-17(21-3)12-10-16)20-13-14-22-18-7-5-4-6-8-18/h4-12,20H,13-15H2,1-3H3. The Labute approximate surface area is 133 Å². The van der Waals surface area contributed by atoms with Gasteiger partial charge < -0.3 is 14.8 Å². The Hall–Kier alpha value is -2.00. The topological polar surface area (TPSA) is 30.5 Å². The Morgan fingerprint density at radius 1 is 0.909 bits per heavy atom. The molecule has 2 aromatic rings. The highest BCUT2D eigenvalue weighted by Crippen LogP contribution is 2.16. The number of rotatable bonds is 8. The van der Waals surface area contributed by atoms with Gasteiger partial charge in [-0.15, -0.1) is 0 Å². The van der Waals surface area contributed by atoms with E-state index >= 15 is 0 Å². The second kappa shape index (κ2) is 7.85. The molecule has 118 valence electrons. The van der Waals surface area contributed by atoms with Crippen LogP contribution in [0.3, 0.4) is 0 Å². The molecule has 1 N–H and O–H groups in total. The van der Waals surface area contributed by atoms with Gasteiger partial charge in [-0.1, -0.05) is 30.3 Å². The van der Waals surface area contributed by atoms with Crippen LogP contribution < -0.4 is 14.8 Å². The van der Waals surface area contributed by atoms with E-state index in [0.29, 0.717) is 6.61 Å². The molecular weight excluding hydrogens is 274 g/mol. The van der Waals surface area contributed by atoms with Gasteiger partial charge in [0.15, 0.2) is 0 Å². The molecule has 0 aliphatic carbocycles. The summed E-state index contributed by atoms with van der Waals surface area (Å²) in [6.07, 6.45) is 0.961. The summed E-state index contributed by atoms with van der Waals surface area (Å²) in [7, 11) is 1.69. The van der Waals surface area contributed by atoms with Crippen LogP contribution in [0.5, 0.6) is 11.5 Å². The Bertz CT molecular complexity index is 549. The smallest absolute Gasteiger partial charge is 0.119 e. The van der Waals surface area contributed by atoms with E-state index in [1.165, 1.54) is 5.56 Å². The number of para-hydroxylation sites is 1. The SMILES string of the molecule is COc1ccc(CC(C)(C)NCCOc2ccccc2)cc1. The van der Waals surface area contributed by atoms with E-state index in [1.807, 2.05) is 42.5 Å². The number of hydrogen-bond donors (Lipinski definition) is 1. The van der Waals surface area contributed by atoms with Crippen molar-refractivity contribution in [2.45, 2.75) is 25.8 Å². The summed E-state index contributed by atoms with van der Waals surface area (Å²) in [5, 5.41) is 3.55. The minimum absolute atomic E-state index is 0.0225. The van der Waals surface area contributed by atoms with Crippen LogP contribution in [0.15, 0.2) is 54.6 Å². The highest BCUT2D eigenvalue weighted by atomic mass is 16.5. The van der Waals surface area contributed by atoms with Crippen LogP contribution in [0, 0.1) is 0 Å². The predicted octanol–water partition coefficient (Wildman–Crippen LogP) is 3.68. The van der Waals surface area contributed by atoms with Crippen molar-refractivity contribution in [3.05, 3.63) is 60.2 Å². The van der Waals surface area contributed by atoms with Gasteiger partial charge in [0.05, 0.1) is 7.11 Å². The van der Waals surface area contributed by atoms with Crippen LogP contribution in [0.2, 0.25) is 0 Å². The third kappa shape index (κ3) is 5.41. The molecule has 0 amide bonds. The van der Waals surface area contributed by atoms with Crippen LogP contribution in [-0.4, -0.2) is 25.8 Å². The second-order valence-electron chi connectivity index (χ2n) is 6.00. The fraction of sp³-hybridized carbons (Fsp3) is 0.368. The van der Waals surface area contributed by atoms with Crippen molar-refractivity contribution >= 4 is 0 Å². The van der Waals surface area contributed by atoms with E-state index in [-0.39, 0.29) is 5.54 Å². The summed E-state index contributed by atoms with van der Waals surface area (Å²) < 4.78 is 10.9. The molecule has 2 rings (SSSR count). The summed E-state index contributed by atoms with van der Waals surface area (Å²) in [6, 6.07) is 18.1. The predicted molar refractivity (Wildman–Crippen MR) is 90.7 cm³/mol. The first-order chi connectivity index (χ1) is 10.6. The Kier molecular flexibility index (Phi) is 5.84. The third-order valence-corrected chi connectivity index (χ3v) is 3.52. The molecule has 0 unspecified atom stereocenters. The van der Waals surface area contributed by atoms with Crippen LogP contribution in [0.1, 0.15) is 19.4 Å². The van der Waals surface area contributed by atoms with Crippen LogP contribution in [0.25, 0.3) is 0 Å². The minimum atomic E-state index is 0.0225. The molecule has 3 nitrogen and oxygen atoms in total. The number of benzene rings is 2. The van der Waals surface area contributed by atoms with Crippen LogP contribution in [0.4, 0.5) is 0 Å². The quantitative estimate of drug-likeness (QED) is 0.754. The summed E-state index contributed by atoms with van der Waals surface area (Å²) in [6.45, 7) is 5.90. The lowest BCUT2D eigenvalue weighted by atomic mass is 9.95. The zero-order chi connectivity index (χ0) is 15.8. The van der Waals surface area contributed by atoms with Crippen LogP contribution in [-0.2, 0) is 6.42 Å². The zero-order valence-electron chi connectivity index (χ0n) is 13.6. The fourth-order valence-corrected chi connectivity index (χ4v) is 2.39. The lowest BCUT2D eigenvalue weighted by Gasteiger charge is -2.26. The van der Waals surface area contributed by atoms with E-state index < -0.39 is 0 Å². The van der Waals surface area contributed by atoms with Gasteiger partial charge in [0.2, 0.25) is 0 Å². The normalized spacial score (nSPS) is 11.2. The fourth-order valence-electron chi connectivity index (χ4n) is 2.39. The number of hydrogen-bond acceptors (Lipinski definition) is 3. The monoisotopic (exact) mass is 299 g/mol. The molecule has 0 atom stereocenters. The number of ether oxygens (including phenoxy) is 2. The van der Waals surface area contributed by atoms with Gasteiger partial charge in [-0.25, -0.2) is 0 Å². The molecular formula is C19H25NO2. The highest BCUT2D eigenvalue weighted by molar-refractivity contribution is 5.28. The number of nitrogens with one attached hydrogen (secondary N) is 1. The number of methoxy groups -OCH3 is 1. The first-order valence-electron chi connectivity index (χ1n) is 7.65. The van der Waals surface area contributed by atoms with Crippen molar-refractivity contribution in [1.29, 1.82) is 0 Å². The second-order valence-corrected chi connectivity index (χ2v) is 6.00. The van der Waals surface area contributed by atoms with E-state index in [9.17, 15) is 0 Å². The van der Waals surface area contributed by atoms with Crippen molar-refractivity contribution in [1.82, 2.24) is 5.32 Å². The zero-order valence-corrected chi connectivity index (χ0v) is 13.6. The summed E-state index contributed by atoms with van der Waals surface area (Å²) in [4.78, 5) is 0. The van der Waals surface area contributed by atoms with Gasteiger partial charge >= 0.3 is 0 Å². The summed E-state index contributed by atoms with van der Waals surface area (Å²) in [5.41, 5.74) is 1.32. The van der Waals surface area contributed by atoms with E-state index in [1.54, 1.807) is 7.11 Å². The van der Waals surface area contributed by atoms with Crippen molar-refractivity contribution in [2.24, 2.45) is 0 Å². The minimum Gasteiger partial charge on any atom is -0.497 e. The molecule has 3 heteroatoms. The van der Waals surface area contributed by atoms with Crippen molar-refractivity contribution in [2.75, 3.05) is 20.3 Å². The Morgan fingerprint density at radius 3 is 2.23 bits per heavy atom. The molecule has 0 heterocycles. The molecule has 0 saturated carbocycles. The van der Waals surface area contributed by atoms with E-state index in [2.05, 4.69) is 31.3 Å². The molecule has 0 spiro atoms. The first-order valence-corrected chi connectivity index (χ1v) is 7.65. The van der Waals surface area contributed by atoms with Gasteiger partial charge in [0.1, 0.15) is 18.1 Å². The highest BCUT2D eigenvalue weighted by Gasteiger charge is 2.17. The summed E-state index contributed by atoms with van der Waals surface area (Å²) >= 11 is 0. The third-order valence-electron chi connectivity index (χ3n) is 3.52. The molecule has 22 heavy (non-hydrogen) atoms. The van der Waals surface area contributed by atoms with Gasteiger partial charge in [-0.05, 0) is 50.1 Å². The molecule has 0 radical (unpaired) electrons. The molecule has 2 aromatic carbocycles. The maximum absolute atomic E-state index is 5.70. The van der Waals surface area contributed by atoms with Gasteiger partial charge in [-0.2, -0.15) is 0 Å². The lowest BCUT2D eigenvalue weighted by Crippen LogP contribution is -2.43. The molecule has 0 fully saturated rings. The first kappa shape index (κ1) is 16.4. The van der Waals surface area contributed by atoms with Gasteiger partial charge in [-0.3, -0.25) is 0 Å². The van der Waals surface area contributed by atoms with E-state index in [4.69, 9.17) is 9.47 Å². The average Bonchev–Trinajstić information content (AvgIpc) is 2.53. The Balaban J connectivity index is 1.75. The molecule has 0 saturated heterocycles. The van der Waals surface area contributed by atoms with Crippen molar-refractivity contribution in [3.8, 4) is 11.5 Å². The maximum atomic E-state index is 5.70. The molecule has 0 bridgehead atoms. The largest absolute Gasteiger partial charge is 0.497 e. The van der Waals surface area contributed by atoms with Crippen molar-refractivity contribution in [3.63, 3.8) is 0 Å². The maximum Gasteiger partial charge on any atom is 0.119 e. The van der Waals surface area contributed by atoms with E-state index in [0.717, 1.165) is 24.5 Å². The van der Waals surface area contributed by atoms with Gasteiger partial charge in [0, 0.05) is 12.1 Å². The summed E-state index contributed by atoms with van der Waals surface area (Å²) in [5.74, 6) is 1.81. The van der Waals surface area contributed by atoms with Gasteiger partial charge in [0.25, 0.3) is 0 Å². The Morgan fingerprint density at radius 2 is 1.59 bits per heavy atom. The molecule has 0 aliphatic heterocycles. The lowest BCUT2D eigenvalue weighted by molar-refractivity contribution is 0.283. The molecule has 0 aromatic heterocycles. The molecule has 0 aliphatic rings. The van der Waals surface area contributed by atoms with Crippen molar-refractivity contribution < 1.29 is 9.47 Å².